The number of anilines is 2. The molecule has 1 saturated heterocycles. The summed E-state index contributed by atoms with van der Waals surface area (Å²) in [5, 5.41) is 12.8. The lowest BCUT2D eigenvalue weighted by Gasteiger charge is -2.36. The number of carbonyl (C=O) groups excluding carboxylic acids is 2. The molecule has 0 saturated carbocycles. The van der Waals surface area contributed by atoms with Crippen molar-refractivity contribution in [2.75, 3.05) is 36.4 Å². The van der Waals surface area contributed by atoms with Gasteiger partial charge in [0.2, 0.25) is 16.9 Å². The topological polar surface area (TPSA) is 78.4 Å². The molecule has 0 spiro atoms. The number of piperazine rings is 1. The normalized spacial score (nSPS) is 14.2. The Morgan fingerprint density at radius 1 is 1.11 bits per heavy atom. The Labute approximate surface area is 173 Å². The minimum absolute atomic E-state index is 0.00911. The van der Waals surface area contributed by atoms with Crippen molar-refractivity contribution in [2.24, 2.45) is 0 Å². The Morgan fingerprint density at radius 2 is 1.82 bits per heavy atom. The third-order valence-electron chi connectivity index (χ3n) is 4.57. The van der Waals surface area contributed by atoms with Crippen LogP contribution in [-0.4, -0.2) is 53.1 Å². The Hall–Kier alpha value is -2.19. The fraction of sp³-hybridized carbons (Fsp3) is 0.474. The van der Waals surface area contributed by atoms with Crippen LogP contribution in [0.3, 0.4) is 0 Å². The standard InChI is InChI=1S/C19H24ClN5O2S/c1-2-3-17-22-23-19(28-17)21-16(26)8-9-18(27)25-12-10-24(11-13-25)15-6-4-14(20)5-7-15/h4-7H,2-3,8-13H2,1H3,(H,21,23,26). The van der Waals surface area contributed by atoms with E-state index >= 15 is 0 Å². The van der Waals surface area contributed by atoms with E-state index in [2.05, 4.69) is 27.3 Å². The fourth-order valence-electron chi connectivity index (χ4n) is 3.05. The van der Waals surface area contributed by atoms with Crippen molar-refractivity contribution >= 4 is 45.6 Å². The number of aryl methyl sites for hydroxylation is 1. The summed E-state index contributed by atoms with van der Waals surface area (Å²) in [5.74, 6) is -0.192. The largest absolute Gasteiger partial charge is 0.368 e. The van der Waals surface area contributed by atoms with Crippen molar-refractivity contribution < 1.29 is 9.59 Å². The first-order valence-electron chi connectivity index (χ1n) is 9.45. The maximum absolute atomic E-state index is 12.4. The average Bonchev–Trinajstić information content (AvgIpc) is 3.14. The van der Waals surface area contributed by atoms with Crippen LogP contribution < -0.4 is 10.2 Å². The van der Waals surface area contributed by atoms with Crippen molar-refractivity contribution in [3.8, 4) is 0 Å². The molecule has 1 aromatic heterocycles. The van der Waals surface area contributed by atoms with Crippen LogP contribution in [0.5, 0.6) is 0 Å². The van der Waals surface area contributed by atoms with E-state index in [-0.39, 0.29) is 24.7 Å². The minimum Gasteiger partial charge on any atom is -0.368 e. The highest BCUT2D eigenvalue weighted by Gasteiger charge is 2.22. The number of hydrogen-bond donors (Lipinski definition) is 1. The van der Waals surface area contributed by atoms with Gasteiger partial charge < -0.3 is 15.1 Å². The van der Waals surface area contributed by atoms with Crippen LogP contribution >= 0.6 is 22.9 Å². The average molecular weight is 422 g/mol. The van der Waals surface area contributed by atoms with Gasteiger partial charge in [-0.3, -0.25) is 9.59 Å². The van der Waals surface area contributed by atoms with Crippen LogP contribution in [0.15, 0.2) is 24.3 Å². The third-order valence-corrected chi connectivity index (χ3v) is 5.72. The summed E-state index contributed by atoms with van der Waals surface area (Å²) >= 11 is 7.31. The Bertz CT molecular complexity index is 803. The van der Waals surface area contributed by atoms with Crippen LogP contribution in [0.1, 0.15) is 31.2 Å². The molecule has 150 valence electrons. The molecule has 1 aromatic carbocycles. The number of halogens is 1. The number of aromatic nitrogens is 2. The predicted octanol–water partition coefficient (Wildman–Crippen LogP) is 3.21. The van der Waals surface area contributed by atoms with E-state index in [9.17, 15) is 9.59 Å². The maximum atomic E-state index is 12.4. The highest BCUT2D eigenvalue weighted by Crippen LogP contribution is 2.20. The van der Waals surface area contributed by atoms with Gasteiger partial charge in [-0.25, -0.2) is 0 Å². The number of benzene rings is 1. The zero-order chi connectivity index (χ0) is 19.9. The quantitative estimate of drug-likeness (QED) is 0.742. The molecule has 0 unspecified atom stereocenters. The van der Waals surface area contributed by atoms with E-state index in [1.165, 1.54) is 11.3 Å². The van der Waals surface area contributed by atoms with Gasteiger partial charge in [0.15, 0.2) is 0 Å². The molecule has 2 amide bonds. The second-order valence-electron chi connectivity index (χ2n) is 6.64. The van der Waals surface area contributed by atoms with Gasteiger partial charge >= 0.3 is 0 Å². The molecule has 1 aliphatic heterocycles. The molecule has 0 aliphatic carbocycles. The molecule has 0 radical (unpaired) electrons. The van der Waals surface area contributed by atoms with Crippen LogP contribution in [0.4, 0.5) is 10.8 Å². The van der Waals surface area contributed by atoms with Gasteiger partial charge in [0, 0.05) is 56.2 Å². The fourth-order valence-corrected chi connectivity index (χ4v) is 4.03. The minimum atomic E-state index is -0.202. The van der Waals surface area contributed by atoms with Gasteiger partial charge in [0.05, 0.1) is 0 Å². The third kappa shape index (κ3) is 5.65. The Kier molecular flexibility index (Phi) is 7.22. The maximum Gasteiger partial charge on any atom is 0.226 e. The molecule has 1 aliphatic rings. The van der Waals surface area contributed by atoms with Crippen molar-refractivity contribution in [2.45, 2.75) is 32.6 Å². The predicted molar refractivity (Wildman–Crippen MR) is 112 cm³/mol. The van der Waals surface area contributed by atoms with E-state index in [0.717, 1.165) is 36.6 Å². The zero-order valence-electron chi connectivity index (χ0n) is 15.9. The van der Waals surface area contributed by atoms with Crippen molar-refractivity contribution in [1.82, 2.24) is 15.1 Å². The lowest BCUT2D eigenvalue weighted by atomic mass is 10.2. The van der Waals surface area contributed by atoms with Crippen LogP contribution in [-0.2, 0) is 16.0 Å². The number of rotatable bonds is 7. The van der Waals surface area contributed by atoms with E-state index in [4.69, 9.17) is 11.6 Å². The first-order valence-corrected chi connectivity index (χ1v) is 10.6. The molecular weight excluding hydrogens is 398 g/mol. The summed E-state index contributed by atoms with van der Waals surface area (Å²) < 4.78 is 0. The monoisotopic (exact) mass is 421 g/mol. The van der Waals surface area contributed by atoms with Gasteiger partial charge in [-0.1, -0.05) is 29.9 Å². The molecule has 3 rings (SSSR count). The zero-order valence-corrected chi connectivity index (χ0v) is 17.4. The number of nitrogens with one attached hydrogen (secondary N) is 1. The molecule has 1 fully saturated rings. The first kappa shape index (κ1) is 20.5. The van der Waals surface area contributed by atoms with E-state index in [1.807, 2.05) is 29.2 Å². The lowest BCUT2D eigenvalue weighted by molar-refractivity contribution is -0.133. The van der Waals surface area contributed by atoms with Gasteiger partial charge in [0.1, 0.15) is 5.01 Å². The Morgan fingerprint density at radius 3 is 2.50 bits per heavy atom. The van der Waals surface area contributed by atoms with E-state index in [0.29, 0.717) is 23.2 Å². The first-order chi connectivity index (χ1) is 13.5. The SMILES string of the molecule is CCCc1nnc(NC(=O)CCC(=O)N2CCN(c3ccc(Cl)cc3)CC2)s1. The van der Waals surface area contributed by atoms with Crippen molar-refractivity contribution in [1.29, 1.82) is 0 Å². The van der Waals surface area contributed by atoms with Crippen LogP contribution in [0.25, 0.3) is 0 Å². The highest BCUT2D eigenvalue weighted by molar-refractivity contribution is 7.15. The molecule has 0 atom stereocenters. The molecule has 0 bridgehead atoms. The summed E-state index contributed by atoms with van der Waals surface area (Å²) in [7, 11) is 0. The Balaban J connectivity index is 1.40. The molecule has 1 N–H and O–H groups in total. The second kappa shape index (κ2) is 9.84. The van der Waals surface area contributed by atoms with Crippen LogP contribution in [0.2, 0.25) is 5.02 Å². The number of carbonyl (C=O) groups is 2. The van der Waals surface area contributed by atoms with E-state index in [1.54, 1.807) is 0 Å². The van der Waals surface area contributed by atoms with Crippen LogP contribution in [0, 0.1) is 0 Å². The summed E-state index contributed by atoms with van der Waals surface area (Å²) in [4.78, 5) is 28.5. The summed E-state index contributed by atoms with van der Waals surface area (Å²) in [6.45, 7) is 4.91. The van der Waals surface area contributed by atoms with Crippen molar-refractivity contribution in [3.63, 3.8) is 0 Å². The highest BCUT2D eigenvalue weighted by atomic mass is 35.5. The summed E-state index contributed by atoms with van der Waals surface area (Å²) in [5.41, 5.74) is 1.11. The molecular formula is C19H24ClN5O2S. The lowest BCUT2D eigenvalue weighted by Crippen LogP contribution is -2.48. The number of nitrogens with zero attached hydrogens (tertiary/aromatic N) is 4. The second-order valence-corrected chi connectivity index (χ2v) is 8.14. The number of hydrogen-bond acceptors (Lipinski definition) is 6. The number of amides is 2. The van der Waals surface area contributed by atoms with Gasteiger partial charge in [-0.2, -0.15) is 0 Å². The molecule has 2 heterocycles. The van der Waals surface area contributed by atoms with Crippen molar-refractivity contribution in [3.05, 3.63) is 34.3 Å². The molecule has 2 aromatic rings. The van der Waals surface area contributed by atoms with Gasteiger partial charge in [-0.15, -0.1) is 10.2 Å². The summed E-state index contributed by atoms with van der Waals surface area (Å²) in [6, 6.07) is 7.72. The molecule has 28 heavy (non-hydrogen) atoms. The molecule has 7 nitrogen and oxygen atoms in total. The van der Waals surface area contributed by atoms with Gasteiger partial charge in [-0.05, 0) is 30.7 Å². The summed E-state index contributed by atoms with van der Waals surface area (Å²) in [6.07, 6.45) is 2.20. The molecule has 9 heteroatoms. The smallest absolute Gasteiger partial charge is 0.226 e. The van der Waals surface area contributed by atoms with E-state index < -0.39 is 0 Å². The van der Waals surface area contributed by atoms with Gasteiger partial charge in [0.25, 0.3) is 0 Å².